The van der Waals surface area contributed by atoms with Crippen molar-refractivity contribution >= 4 is 6.08 Å². The summed E-state index contributed by atoms with van der Waals surface area (Å²) in [6, 6.07) is 8.27. The second-order valence-electron chi connectivity index (χ2n) is 3.85. The van der Waals surface area contributed by atoms with E-state index < -0.39 is 0 Å². The molecule has 0 spiro atoms. The highest BCUT2D eigenvalue weighted by Gasteiger charge is 1.95. The van der Waals surface area contributed by atoms with E-state index in [2.05, 4.69) is 44.7 Å². The van der Waals surface area contributed by atoms with Crippen molar-refractivity contribution in [1.82, 2.24) is 0 Å². The quantitative estimate of drug-likeness (QED) is 0.690. The van der Waals surface area contributed by atoms with E-state index in [4.69, 9.17) is 4.74 Å². The third kappa shape index (κ3) is 3.75. The van der Waals surface area contributed by atoms with E-state index in [9.17, 15) is 0 Å². The van der Waals surface area contributed by atoms with Crippen LogP contribution < -0.4 is 0 Å². The highest BCUT2D eigenvalue weighted by atomic mass is 16.5. The molecule has 0 fully saturated rings. The van der Waals surface area contributed by atoms with Gasteiger partial charge in [0.1, 0.15) is 0 Å². The monoisotopic (exact) mass is 190 g/mol. The van der Waals surface area contributed by atoms with E-state index in [1.807, 2.05) is 6.08 Å². The third-order valence-corrected chi connectivity index (χ3v) is 1.94. The normalized spacial score (nSPS) is 10.5. The van der Waals surface area contributed by atoms with Crippen molar-refractivity contribution in [1.29, 1.82) is 0 Å². The van der Waals surface area contributed by atoms with E-state index in [1.54, 1.807) is 0 Å². The fourth-order valence-corrected chi connectivity index (χ4v) is 1.16. The zero-order valence-corrected chi connectivity index (χ0v) is 8.99. The van der Waals surface area contributed by atoms with Gasteiger partial charge in [0.25, 0.3) is 0 Å². The molecule has 1 rings (SSSR count). The van der Waals surface area contributed by atoms with E-state index >= 15 is 0 Å². The SMILES string of the molecule is C=Cc1ccc(COCC(C)C)cc1. The molecule has 1 aromatic carbocycles. The second-order valence-corrected chi connectivity index (χ2v) is 3.85. The van der Waals surface area contributed by atoms with E-state index in [0.29, 0.717) is 12.5 Å². The van der Waals surface area contributed by atoms with E-state index in [0.717, 1.165) is 12.2 Å². The van der Waals surface area contributed by atoms with Gasteiger partial charge in [0.2, 0.25) is 0 Å². The van der Waals surface area contributed by atoms with Crippen molar-refractivity contribution in [3.63, 3.8) is 0 Å². The maximum atomic E-state index is 5.53. The molecule has 0 unspecified atom stereocenters. The van der Waals surface area contributed by atoms with Crippen LogP contribution in [0.1, 0.15) is 25.0 Å². The topological polar surface area (TPSA) is 9.23 Å². The Kier molecular flexibility index (Phi) is 4.41. The molecular formula is C13H18O. The van der Waals surface area contributed by atoms with Crippen LogP contribution in [-0.4, -0.2) is 6.61 Å². The van der Waals surface area contributed by atoms with Gasteiger partial charge in [0.05, 0.1) is 6.61 Å². The first-order valence-corrected chi connectivity index (χ1v) is 5.01. The lowest BCUT2D eigenvalue weighted by Gasteiger charge is -2.06. The molecule has 0 heterocycles. The molecule has 1 nitrogen and oxygen atoms in total. The molecule has 0 aliphatic carbocycles. The molecule has 76 valence electrons. The molecule has 0 amide bonds. The van der Waals surface area contributed by atoms with Gasteiger partial charge >= 0.3 is 0 Å². The van der Waals surface area contributed by atoms with Gasteiger partial charge in [-0.15, -0.1) is 0 Å². The molecule has 0 aromatic heterocycles. The largest absolute Gasteiger partial charge is 0.377 e. The molecule has 0 atom stereocenters. The minimum Gasteiger partial charge on any atom is -0.377 e. The van der Waals surface area contributed by atoms with Crippen molar-refractivity contribution < 1.29 is 4.74 Å². The number of hydrogen-bond acceptors (Lipinski definition) is 1. The first-order chi connectivity index (χ1) is 6.72. The Hall–Kier alpha value is -1.08. The molecule has 1 heteroatoms. The summed E-state index contributed by atoms with van der Waals surface area (Å²) in [5, 5.41) is 0. The van der Waals surface area contributed by atoms with Crippen molar-refractivity contribution in [2.45, 2.75) is 20.5 Å². The lowest BCUT2D eigenvalue weighted by molar-refractivity contribution is 0.0971. The lowest BCUT2D eigenvalue weighted by Crippen LogP contribution is -2.01. The highest BCUT2D eigenvalue weighted by Crippen LogP contribution is 2.07. The second kappa shape index (κ2) is 5.61. The van der Waals surface area contributed by atoms with Gasteiger partial charge in [-0.25, -0.2) is 0 Å². The van der Waals surface area contributed by atoms with Crippen LogP contribution in [0.3, 0.4) is 0 Å². The van der Waals surface area contributed by atoms with Gasteiger partial charge < -0.3 is 4.74 Å². The van der Waals surface area contributed by atoms with Crippen LogP contribution in [0.4, 0.5) is 0 Å². The van der Waals surface area contributed by atoms with Crippen molar-refractivity contribution in [2.24, 2.45) is 5.92 Å². The predicted octanol–water partition coefficient (Wildman–Crippen LogP) is 3.50. The third-order valence-electron chi connectivity index (χ3n) is 1.94. The first kappa shape index (κ1) is 11.0. The number of rotatable bonds is 5. The van der Waals surface area contributed by atoms with Gasteiger partial charge in [0.15, 0.2) is 0 Å². The Balaban J connectivity index is 2.40. The highest BCUT2D eigenvalue weighted by molar-refractivity contribution is 5.47. The van der Waals surface area contributed by atoms with E-state index in [1.165, 1.54) is 5.56 Å². The lowest BCUT2D eigenvalue weighted by atomic mass is 10.1. The summed E-state index contributed by atoms with van der Waals surface area (Å²) in [5.74, 6) is 0.599. The molecule has 0 saturated carbocycles. The molecule has 14 heavy (non-hydrogen) atoms. The zero-order valence-electron chi connectivity index (χ0n) is 8.99. The van der Waals surface area contributed by atoms with Gasteiger partial charge in [0, 0.05) is 6.61 Å². The molecule has 0 bridgehead atoms. The fraction of sp³-hybridized carbons (Fsp3) is 0.385. The average Bonchev–Trinajstić information content (AvgIpc) is 2.18. The maximum absolute atomic E-state index is 5.53. The Morgan fingerprint density at radius 1 is 1.29 bits per heavy atom. The van der Waals surface area contributed by atoms with Crippen molar-refractivity contribution in [2.75, 3.05) is 6.61 Å². The van der Waals surface area contributed by atoms with Gasteiger partial charge in [-0.3, -0.25) is 0 Å². The van der Waals surface area contributed by atoms with Gasteiger partial charge in [-0.05, 0) is 17.0 Å². The average molecular weight is 190 g/mol. The first-order valence-electron chi connectivity index (χ1n) is 5.01. The predicted molar refractivity (Wildman–Crippen MR) is 61.0 cm³/mol. The molecule has 0 saturated heterocycles. The Morgan fingerprint density at radius 2 is 1.93 bits per heavy atom. The standard InChI is InChI=1S/C13H18O/c1-4-12-5-7-13(8-6-12)10-14-9-11(2)3/h4-8,11H,1,9-10H2,2-3H3. The summed E-state index contributed by atoms with van der Waals surface area (Å²) in [7, 11) is 0. The summed E-state index contributed by atoms with van der Waals surface area (Å²) in [6.45, 7) is 9.55. The Morgan fingerprint density at radius 3 is 2.43 bits per heavy atom. The number of ether oxygens (including phenoxy) is 1. The summed E-state index contributed by atoms with van der Waals surface area (Å²) in [5.41, 5.74) is 2.37. The number of benzene rings is 1. The molecular weight excluding hydrogens is 172 g/mol. The van der Waals surface area contributed by atoms with Crippen LogP contribution in [-0.2, 0) is 11.3 Å². The molecule has 0 aliphatic rings. The molecule has 0 radical (unpaired) electrons. The van der Waals surface area contributed by atoms with Crippen LogP contribution >= 0.6 is 0 Å². The summed E-state index contributed by atoms with van der Waals surface area (Å²) >= 11 is 0. The summed E-state index contributed by atoms with van der Waals surface area (Å²) < 4.78 is 5.53. The molecule has 0 aliphatic heterocycles. The number of hydrogen-bond donors (Lipinski definition) is 0. The maximum Gasteiger partial charge on any atom is 0.0717 e. The molecule has 0 N–H and O–H groups in total. The minimum atomic E-state index is 0.599. The van der Waals surface area contributed by atoms with Crippen LogP contribution in [0, 0.1) is 5.92 Å². The smallest absolute Gasteiger partial charge is 0.0717 e. The van der Waals surface area contributed by atoms with E-state index in [-0.39, 0.29) is 0 Å². The van der Waals surface area contributed by atoms with Crippen LogP contribution in [0.5, 0.6) is 0 Å². The minimum absolute atomic E-state index is 0.599. The van der Waals surface area contributed by atoms with Crippen LogP contribution in [0.2, 0.25) is 0 Å². The fourth-order valence-electron chi connectivity index (χ4n) is 1.16. The molecule has 1 aromatic rings. The van der Waals surface area contributed by atoms with Crippen LogP contribution in [0.25, 0.3) is 6.08 Å². The summed E-state index contributed by atoms with van der Waals surface area (Å²) in [4.78, 5) is 0. The zero-order chi connectivity index (χ0) is 10.4. The van der Waals surface area contributed by atoms with Crippen LogP contribution in [0.15, 0.2) is 30.8 Å². The van der Waals surface area contributed by atoms with Gasteiger partial charge in [-0.1, -0.05) is 50.8 Å². The Labute approximate surface area is 86.4 Å². The van der Waals surface area contributed by atoms with Crippen molar-refractivity contribution in [3.05, 3.63) is 42.0 Å². The Bertz CT molecular complexity index is 272. The summed E-state index contributed by atoms with van der Waals surface area (Å²) in [6.07, 6.45) is 1.85. The van der Waals surface area contributed by atoms with Crippen molar-refractivity contribution in [3.8, 4) is 0 Å². The van der Waals surface area contributed by atoms with Gasteiger partial charge in [-0.2, -0.15) is 0 Å².